The molecule has 0 bridgehead atoms. The van der Waals surface area contributed by atoms with E-state index in [2.05, 4.69) is 57.9 Å². The number of ether oxygens (including phenoxy) is 1. The lowest BCUT2D eigenvalue weighted by Gasteiger charge is -2.21. The van der Waals surface area contributed by atoms with Crippen LogP contribution in [0.3, 0.4) is 0 Å². The standard InChI is InChI=1S/C24H43NO2/c1-20(2)12-9-13-21(3)14-10-15-22(4)16-11-18-25(8)19-17-23(26)27-24(5,6)7/h12,14,16H,9-11,13,15,17-19H2,1-8H3/b21-14+,22-16+. The van der Waals surface area contributed by atoms with Crippen LogP contribution < -0.4 is 0 Å². The fraction of sp³-hybridized carbons (Fsp3) is 0.708. The molecule has 0 aliphatic carbocycles. The van der Waals surface area contributed by atoms with Gasteiger partial charge in [0.05, 0.1) is 6.42 Å². The summed E-state index contributed by atoms with van der Waals surface area (Å²) in [5.41, 5.74) is 3.94. The molecule has 0 rings (SSSR count). The molecule has 0 unspecified atom stereocenters. The highest BCUT2D eigenvalue weighted by Gasteiger charge is 2.16. The highest BCUT2D eigenvalue weighted by atomic mass is 16.6. The molecule has 0 aromatic carbocycles. The first kappa shape index (κ1) is 25.6. The Bertz CT molecular complexity index is 517. The van der Waals surface area contributed by atoms with Gasteiger partial charge in [0.25, 0.3) is 0 Å². The Labute approximate surface area is 168 Å². The van der Waals surface area contributed by atoms with Crippen molar-refractivity contribution < 1.29 is 9.53 Å². The van der Waals surface area contributed by atoms with Gasteiger partial charge in [0.2, 0.25) is 0 Å². The minimum absolute atomic E-state index is 0.118. The van der Waals surface area contributed by atoms with Crippen LogP contribution in [0.1, 0.15) is 87.0 Å². The molecule has 0 spiro atoms. The number of nitrogens with zero attached hydrogens (tertiary/aromatic N) is 1. The van der Waals surface area contributed by atoms with Crippen LogP contribution >= 0.6 is 0 Å². The summed E-state index contributed by atoms with van der Waals surface area (Å²) in [6, 6.07) is 0. The molecular weight excluding hydrogens is 334 g/mol. The van der Waals surface area contributed by atoms with Crippen LogP contribution in [0.15, 0.2) is 34.9 Å². The zero-order valence-corrected chi connectivity index (χ0v) is 19.2. The van der Waals surface area contributed by atoms with Gasteiger partial charge in [-0.15, -0.1) is 0 Å². The first-order valence-corrected chi connectivity index (χ1v) is 10.3. The molecule has 0 aromatic heterocycles. The number of carbonyl (C=O) groups is 1. The quantitative estimate of drug-likeness (QED) is 0.289. The number of rotatable bonds is 12. The molecule has 0 aliphatic heterocycles. The van der Waals surface area contributed by atoms with Gasteiger partial charge in [-0.05, 0) is 87.6 Å². The molecule has 0 aromatic rings. The van der Waals surface area contributed by atoms with Crippen molar-refractivity contribution in [3.63, 3.8) is 0 Å². The third-order valence-electron chi connectivity index (χ3n) is 4.24. The fourth-order valence-electron chi connectivity index (χ4n) is 2.66. The lowest BCUT2D eigenvalue weighted by atomic mass is 10.1. The van der Waals surface area contributed by atoms with Gasteiger partial charge in [-0.3, -0.25) is 4.79 Å². The Kier molecular flexibility index (Phi) is 13.1. The molecule has 0 saturated carbocycles. The lowest BCUT2D eigenvalue weighted by molar-refractivity contribution is -0.155. The Morgan fingerprint density at radius 3 is 1.85 bits per heavy atom. The van der Waals surface area contributed by atoms with Crippen molar-refractivity contribution in [1.82, 2.24) is 4.90 Å². The van der Waals surface area contributed by atoms with Crippen LogP contribution in [-0.2, 0) is 9.53 Å². The first-order chi connectivity index (χ1) is 12.5. The van der Waals surface area contributed by atoms with Crippen LogP contribution in [0, 0.1) is 0 Å². The Balaban J connectivity index is 3.97. The van der Waals surface area contributed by atoms with E-state index < -0.39 is 5.60 Å². The summed E-state index contributed by atoms with van der Waals surface area (Å²) in [6.45, 7) is 16.2. The molecule has 0 saturated heterocycles. The van der Waals surface area contributed by atoms with Crippen molar-refractivity contribution in [1.29, 1.82) is 0 Å². The minimum Gasteiger partial charge on any atom is -0.460 e. The predicted molar refractivity (Wildman–Crippen MR) is 118 cm³/mol. The maximum atomic E-state index is 11.7. The molecule has 0 atom stereocenters. The van der Waals surface area contributed by atoms with Gasteiger partial charge in [0, 0.05) is 13.1 Å². The maximum Gasteiger partial charge on any atom is 0.307 e. The molecule has 0 aliphatic rings. The van der Waals surface area contributed by atoms with Crippen LogP contribution in [0.25, 0.3) is 0 Å². The Morgan fingerprint density at radius 2 is 1.33 bits per heavy atom. The van der Waals surface area contributed by atoms with E-state index in [1.807, 2.05) is 20.8 Å². The number of esters is 1. The molecule has 0 heterocycles. The van der Waals surface area contributed by atoms with Crippen molar-refractivity contribution in [2.24, 2.45) is 0 Å². The zero-order chi connectivity index (χ0) is 20.9. The van der Waals surface area contributed by atoms with E-state index in [-0.39, 0.29) is 5.97 Å². The third-order valence-corrected chi connectivity index (χ3v) is 4.24. The Hall–Kier alpha value is -1.35. The number of allylic oxidation sites excluding steroid dienone is 5. The van der Waals surface area contributed by atoms with Gasteiger partial charge < -0.3 is 9.64 Å². The zero-order valence-electron chi connectivity index (χ0n) is 19.2. The smallest absolute Gasteiger partial charge is 0.307 e. The van der Waals surface area contributed by atoms with E-state index in [0.29, 0.717) is 6.42 Å². The summed E-state index contributed by atoms with van der Waals surface area (Å²) in [7, 11) is 2.06. The molecule has 156 valence electrons. The molecule has 0 N–H and O–H groups in total. The largest absolute Gasteiger partial charge is 0.460 e. The van der Waals surface area contributed by atoms with Crippen molar-refractivity contribution in [2.45, 2.75) is 92.6 Å². The molecule has 3 heteroatoms. The summed E-state index contributed by atoms with van der Waals surface area (Å²) in [4.78, 5) is 13.9. The molecule has 0 radical (unpaired) electrons. The summed E-state index contributed by atoms with van der Waals surface area (Å²) < 4.78 is 5.34. The van der Waals surface area contributed by atoms with Crippen LogP contribution in [0.5, 0.6) is 0 Å². The average Bonchev–Trinajstić information content (AvgIpc) is 2.51. The van der Waals surface area contributed by atoms with Crippen molar-refractivity contribution in [2.75, 3.05) is 20.1 Å². The van der Waals surface area contributed by atoms with E-state index in [4.69, 9.17) is 4.74 Å². The summed E-state index contributed by atoms with van der Waals surface area (Å²) in [5, 5.41) is 0. The van der Waals surface area contributed by atoms with Crippen LogP contribution in [0.4, 0.5) is 0 Å². The minimum atomic E-state index is -0.395. The Morgan fingerprint density at radius 1 is 0.815 bits per heavy atom. The topological polar surface area (TPSA) is 29.5 Å². The molecule has 27 heavy (non-hydrogen) atoms. The normalized spacial score (nSPS) is 13.1. The lowest BCUT2D eigenvalue weighted by Crippen LogP contribution is -2.28. The average molecular weight is 378 g/mol. The number of hydrogen-bond acceptors (Lipinski definition) is 3. The van der Waals surface area contributed by atoms with E-state index in [1.54, 1.807) is 0 Å². The van der Waals surface area contributed by atoms with Gasteiger partial charge in [-0.2, -0.15) is 0 Å². The van der Waals surface area contributed by atoms with Crippen molar-refractivity contribution in [3.8, 4) is 0 Å². The number of carbonyl (C=O) groups excluding carboxylic acids is 1. The van der Waals surface area contributed by atoms with Gasteiger partial charge in [-0.1, -0.05) is 34.9 Å². The molecular formula is C24H43NO2. The fourth-order valence-corrected chi connectivity index (χ4v) is 2.66. The number of hydrogen-bond donors (Lipinski definition) is 0. The van der Waals surface area contributed by atoms with Gasteiger partial charge in [0.1, 0.15) is 5.60 Å². The highest BCUT2D eigenvalue weighted by molar-refractivity contribution is 5.70. The predicted octanol–water partition coefficient (Wildman–Crippen LogP) is 6.46. The van der Waals surface area contributed by atoms with Crippen molar-refractivity contribution >= 4 is 5.97 Å². The van der Waals surface area contributed by atoms with Gasteiger partial charge in [-0.25, -0.2) is 0 Å². The van der Waals surface area contributed by atoms with Crippen molar-refractivity contribution in [3.05, 3.63) is 34.9 Å². The molecule has 3 nitrogen and oxygen atoms in total. The first-order valence-electron chi connectivity index (χ1n) is 10.3. The van der Waals surface area contributed by atoms with E-state index in [0.717, 1.165) is 45.2 Å². The maximum absolute atomic E-state index is 11.7. The molecule has 0 amide bonds. The summed E-state index contributed by atoms with van der Waals surface area (Å²) in [5.74, 6) is -0.118. The highest BCUT2D eigenvalue weighted by Crippen LogP contribution is 2.12. The monoisotopic (exact) mass is 377 g/mol. The third kappa shape index (κ3) is 17.8. The second-order valence-electron chi connectivity index (χ2n) is 8.89. The SMILES string of the molecule is CC(C)=CCC/C(C)=C/CC/C(C)=C/CCN(C)CCC(=O)OC(C)(C)C. The molecule has 0 fully saturated rings. The van der Waals surface area contributed by atoms with Gasteiger partial charge in [0.15, 0.2) is 0 Å². The summed E-state index contributed by atoms with van der Waals surface area (Å²) in [6.07, 6.45) is 13.1. The second kappa shape index (κ2) is 13.8. The van der Waals surface area contributed by atoms with Crippen LogP contribution in [-0.4, -0.2) is 36.6 Å². The van der Waals surface area contributed by atoms with E-state index in [1.165, 1.54) is 16.7 Å². The summed E-state index contributed by atoms with van der Waals surface area (Å²) >= 11 is 0. The van der Waals surface area contributed by atoms with E-state index in [9.17, 15) is 4.79 Å². The second-order valence-corrected chi connectivity index (χ2v) is 8.89. The van der Waals surface area contributed by atoms with Crippen LogP contribution in [0.2, 0.25) is 0 Å². The van der Waals surface area contributed by atoms with Gasteiger partial charge >= 0.3 is 5.97 Å². The van der Waals surface area contributed by atoms with E-state index >= 15 is 0 Å².